The third kappa shape index (κ3) is 2.45. The smallest absolute Gasteiger partial charge is 0.106 e. The quantitative estimate of drug-likeness (QED) is 0.722. The molecule has 0 aromatic carbocycles. The van der Waals surface area contributed by atoms with Gasteiger partial charge in [-0.15, -0.1) is 0 Å². The number of aromatic nitrogens is 1. The largest absolute Gasteiger partial charge is 0.249 e. The molecule has 0 spiro atoms. The molecule has 1 nitrogen and oxygen atoms in total. The molecule has 1 saturated carbocycles. The maximum Gasteiger partial charge on any atom is 0.106 e. The summed E-state index contributed by atoms with van der Waals surface area (Å²) < 4.78 is 0. The highest BCUT2D eigenvalue weighted by Gasteiger charge is 2.46. The first-order valence-electron chi connectivity index (χ1n) is 4.91. The average Bonchev–Trinajstić information content (AvgIpc) is 2.76. The van der Waals surface area contributed by atoms with Crippen molar-refractivity contribution in [2.75, 3.05) is 5.75 Å². The minimum absolute atomic E-state index is 0.604. The van der Waals surface area contributed by atoms with Crippen LogP contribution in [0.3, 0.4) is 0 Å². The number of rotatable bonds is 4. The summed E-state index contributed by atoms with van der Waals surface area (Å²) in [5.41, 5.74) is 0.604. The topological polar surface area (TPSA) is 12.9 Å². The SMILES string of the molecule is CC1CC1(C)CSSc1ccccn1. The van der Waals surface area contributed by atoms with E-state index in [1.54, 1.807) is 10.8 Å². The first kappa shape index (κ1) is 10.4. The normalized spacial score (nSPS) is 30.3. The van der Waals surface area contributed by atoms with Gasteiger partial charge in [0.05, 0.1) is 0 Å². The fourth-order valence-corrected chi connectivity index (χ4v) is 4.19. The lowest BCUT2D eigenvalue weighted by molar-refractivity contribution is 0.599. The predicted molar refractivity (Wildman–Crippen MR) is 64.4 cm³/mol. The van der Waals surface area contributed by atoms with Gasteiger partial charge >= 0.3 is 0 Å². The van der Waals surface area contributed by atoms with E-state index in [1.165, 1.54) is 12.2 Å². The van der Waals surface area contributed by atoms with E-state index >= 15 is 0 Å². The van der Waals surface area contributed by atoms with Crippen LogP contribution in [0.1, 0.15) is 20.3 Å². The summed E-state index contributed by atoms with van der Waals surface area (Å²) in [4.78, 5) is 4.28. The molecule has 0 amide bonds. The second-order valence-corrected chi connectivity index (χ2v) is 6.59. The maximum absolute atomic E-state index is 4.28. The summed E-state index contributed by atoms with van der Waals surface area (Å²) in [6.07, 6.45) is 3.24. The Morgan fingerprint density at radius 1 is 1.57 bits per heavy atom. The van der Waals surface area contributed by atoms with Crippen molar-refractivity contribution in [1.82, 2.24) is 4.98 Å². The highest BCUT2D eigenvalue weighted by Crippen LogP contribution is 2.55. The molecule has 1 fully saturated rings. The first-order chi connectivity index (χ1) is 6.71. The molecule has 1 aliphatic carbocycles. The minimum atomic E-state index is 0.604. The Bertz CT molecular complexity index is 301. The average molecular weight is 225 g/mol. The maximum atomic E-state index is 4.28. The van der Waals surface area contributed by atoms with Gasteiger partial charge < -0.3 is 0 Å². The van der Waals surface area contributed by atoms with E-state index in [1.807, 2.05) is 29.1 Å². The van der Waals surface area contributed by atoms with Crippen molar-refractivity contribution in [2.45, 2.75) is 25.3 Å². The first-order valence-corrected chi connectivity index (χ1v) is 7.23. The summed E-state index contributed by atoms with van der Waals surface area (Å²) in [5.74, 6) is 2.16. The second-order valence-electron chi connectivity index (χ2n) is 4.27. The zero-order chi connectivity index (χ0) is 10.0. The lowest BCUT2D eigenvalue weighted by atomic mass is 10.1. The monoisotopic (exact) mass is 225 g/mol. The van der Waals surface area contributed by atoms with E-state index in [4.69, 9.17) is 0 Å². The molecular weight excluding hydrogens is 210 g/mol. The van der Waals surface area contributed by atoms with Gasteiger partial charge in [0.25, 0.3) is 0 Å². The molecule has 2 atom stereocenters. The van der Waals surface area contributed by atoms with Crippen molar-refractivity contribution in [3.63, 3.8) is 0 Å². The van der Waals surface area contributed by atoms with Crippen LogP contribution in [0.25, 0.3) is 0 Å². The third-order valence-corrected chi connectivity index (χ3v) is 5.50. The zero-order valence-corrected chi connectivity index (χ0v) is 10.2. The van der Waals surface area contributed by atoms with Gasteiger partial charge in [0, 0.05) is 11.9 Å². The van der Waals surface area contributed by atoms with Crippen molar-refractivity contribution >= 4 is 21.6 Å². The molecule has 76 valence electrons. The Balaban J connectivity index is 1.74. The van der Waals surface area contributed by atoms with Crippen molar-refractivity contribution in [1.29, 1.82) is 0 Å². The molecule has 14 heavy (non-hydrogen) atoms. The highest BCUT2D eigenvalue weighted by molar-refractivity contribution is 8.76. The predicted octanol–water partition coefficient (Wildman–Crippen LogP) is 3.87. The molecule has 1 aliphatic rings. The number of nitrogens with zero attached hydrogens (tertiary/aromatic N) is 1. The molecule has 2 unspecified atom stereocenters. The Hall–Kier alpha value is -0.150. The summed E-state index contributed by atoms with van der Waals surface area (Å²) in [7, 11) is 3.73. The fraction of sp³-hybridized carbons (Fsp3) is 0.545. The van der Waals surface area contributed by atoms with E-state index in [0.717, 1.165) is 10.9 Å². The summed E-state index contributed by atoms with van der Waals surface area (Å²) >= 11 is 0. The van der Waals surface area contributed by atoms with Crippen molar-refractivity contribution in [2.24, 2.45) is 11.3 Å². The number of hydrogen-bond acceptors (Lipinski definition) is 3. The molecule has 0 aliphatic heterocycles. The van der Waals surface area contributed by atoms with Crippen LogP contribution in [-0.2, 0) is 0 Å². The van der Waals surface area contributed by atoms with Crippen LogP contribution in [0.4, 0.5) is 0 Å². The molecule has 1 aromatic heterocycles. The van der Waals surface area contributed by atoms with E-state index in [0.29, 0.717) is 5.41 Å². The van der Waals surface area contributed by atoms with E-state index in [2.05, 4.69) is 24.9 Å². The van der Waals surface area contributed by atoms with Crippen LogP contribution < -0.4 is 0 Å². The van der Waals surface area contributed by atoms with Gasteiger partial charge in [-0.25, -0.2) is 4.98 Å². The van der Waals surface area contributed by atoms with Crippen LogP contribution in [0.15, 0.2) is 29.4 Å². The van der Waals surface area contributed by atoms with Gasteiger partial charge in [0.15, 0.2) is 0 Å². The van der Waals surface area contributed by atoms with Gasteiger partial charge in [0.1, 0.15) is 5.03 Å². The molecular formula is C11H15NS2. The number of pyridine rings is 1. The summed E-state index contributed by atoms with van der Waals surface area (Å²) in [6.45, 7) is 4.72. The van der Waals surface area contributed by atoms with Gasteiger partial charge in [-0.1, -0.05) is 30.7 Å². The molecule has 1 aromatic rings. The van der Waals surface area contributed by atoms with Crippen LogP contribution in [0.5, 0.6) is 0 Å². The van der Waals surface area contributed by atoms with Crippen LogP contribution >= 0.6 is 21.6 Å². The lowest BCUT2D eigenvalue weighted by Crippen LogP contribution is -1.98. The number of hydrogen-bond donors (Lipinski definition) is 0. The van der Waals surface area contributed by atoms with Crippen LogP contribution in [-0.4, -0.2) is 10.7 Å². The van der Waals surface area contributed by atoms with Crippen molar-refractivity contribution in [3.05, 3.63) is 24.4 Å². The summed E-state index contributed by atoms with van der Waals surface area (Å²) in [6, 6.07) is 6.06. The molecule has 0 bridgehead atoms. The Morgan fingerprint density at radius 2 is 2.36 bits per heavy atom. The molecule has 3 heteroatoms. The molecule has 0 saturated heterocycles. The Labute approximate surface area is 93.5 Å². The molecule has 0 N–H and O–H groups in total. The highest BCUT2D eigenvalue weighted by atomic mass is 33.1. The van der Waals surface area contributed by atoms with E-state index in [9.17, 15) is 0 Å². The Kier molecular flexibility index (Phi) is 3.07. The van der Waals surface area contributed by atoms with E-state index < -0.39 is 0 Å². The van der Waals surface area contributed by atoms with E-state index in [-0.39, 0.29) is 0 Å². The fourth-order valence-electron chi connectivity index (χ4n) is 1.46. The summed E-state index contributed by atoms with van der Waals surface area (Å²) in [5, 5.41) is 1.12. The molecule has 1 heterocycles. The van der Waals surface area contributed by atoms with Gasteiger partial charge in [0.2, 0.25) is 0 Å². The third-order valence-electron chi connectivity index (χ3n) is 2.97. The standard InChI is InChI=1S/C11H15NS2/c1-9-7-11(9,2)8-13-14-10-5-3-4-6-12-10/h3-6,9H,7-8H2,1-2H3. The van der Waals surface area contributed by atoms with Crippen LogP contribution in [0, 0.1) is 11.3 Å². The van der Waals surface area contributed by atoms with Gasteiger partial charge in [-0.3, -0.25) is 0 Å². The molecule has 2 rings (SSSR count). The van der Waals surface area contributed by atoms with Crippen molar-refractivity contribution in [3.8, 4) is 0 Å². The van der Waals surface area contributed by atoms with Crippen LogP contribution in [0.2, 0.25) is 0 Å². The second kappa shape index (κ2) is 4.15. The Morgan fingerprint density at radius 3 is 2.93 bits per heavy atom. The molecule has 0 radical (unpaired) electrons. The lowest BCUT2D eigenvalue weighted by Gasteiger charge is -2.07. The minimum Gasteiger partial charge on any atom is -0.249 e. The van der Waals surface area contributed by atoms with Crippen molar-refractivity contribution < 1.29 is 0 Å². The van der Waals surface area contributed by atoms with Gasteiger partial charge in [-0.05, 0) is 40.7 Å². The van der Waals surface area contributed by atoms with Gasteiger partial charge in [-0.2, -0.15) is 0 Å². The zero-order valence-electron chi connectivity index (χ0n) is 8.56.